The first kappa shape index (κ1) is 16.0. The van der Waals surface area contributed by atoms with Crippen molar-refractivity contribution in [3.05, 3.63) is 26.7 Å². The van der Waals surface area contributed by atoms with Crippen LogP contribution in [0.5, 0.6) is 5.75 Å². The maximum Gasteiger partial charge on any atom is 0.293 e. The predicted octanol–water partition coefficient (Wildman–Crippen LogP) is 1.48. The first-order valence-corrected chi connectivity index (χ1v) is 7.46. The summed E-state index contributed by atoms with van der Waals surface area (Å²) in [6, 6.07) is 3.18. The highest BCUT2D eigenvalue weighted by Crippen LogP contribution is 2.38. The van der Waals surface area contributed by atoms with E-state index in [2.05, 4.69) is 20.8 Å². The van der Waals surface area contributed by atoms with Crippen LogP contribution in [0.4, 0.5) is 11.4 Å². The van der Waals surface area contributed by atoms with E-state index >= 15 is 0 Å². The summed E-state index contributed by atoms with van der Waals surface area (Å²) in [7, 11) is 1.54. The first-order chi connectivity index (χ1) is 10.1. The van der Waals surface area contributed by atoms with Crippen molar-refractivity contribution in [1.29, 1.82) is 0 Å². The molecule has 21 heavy (non-hydrogen) atoms. The standard InChI is InChI=1S/C13H18BrN3O4/c1-21-13-9-11(12(17(19)20)8-10(13)14)16-4-2-15(3-5-16)6-7-18/h8-9,18H,2-7H2,1H3. The van der Waals surface area contributed by atoms with E-state index in [4.69, 9.17) is 9.84 Å². The van der Waals surface area contributed by atoms with E-state index in [1.165, 1.54) is 13.2 Å². The molecule has 1 saturated heterocycles. The number of anilines is 1. The zero-order chi connectivity index (χ0) is 15.4. The minimum Gasteiger partial charge on any atom is -0.495 e. The molecular formula is C13H18BrN3O4. The lowest BCUT2D eigenvalue weighted by Gasteiger charge is -2.35. The van der Waals surface area contributed by atoms with Gasteiger partial charge in [0, 0.05) is 44.9 Å². The molecule has 0 atom stereocenters. The van der Waals surface area contributed by atoms with Gasteiger partial charge in [0.25, 0.3) is 5.69 Å². The molecule has 1 N–H and O–H groups in total. The van der Waals surface area contributed by atoms with Crippen molar-refractivity contribution in [2.75, 3.05) is 51.3 Å². The van der Waals surface area contributed by atoms with Crippen LogP contribution in [0.2, 0.25) is 0 Å². The molecule has 0 saturated carbocycles. The van der Waals surface area contributed by atoms with Gasteiger partial charge in [0.05, 0.1) is 23.1 Å². The Morgan fingerprint density at radius 2 is 2.05 bits per heavy atom. The monoisotopic (exact) mass is 359 g/mol. The van der Waals surface area contributed by atoms with Gasteiger partial charge in [-0.3, -0.25) is 15.0 Å². The highest BCUT2D eigenvalue weighted by molar-refractivity contribution is 9.10. The van der Waals surface area contributed by atoms with Crippen LogP contribution in [-0.2, 0) is 0 Å². The molecule has 0 amide bonds. The van der Waals surface area contributed by atoms with Crippen molar-refractivity contribution < 1.29 is 14.8 Å². The fourth-order valence-electron chi connectivity index (χ4n) is 2.44. The molecule has 1 fully saturated rings. The molecule has 1 aliphatic rings. The number of nitro groups is 1. The van der Waals surface area contributed by atoms with Crippen LogP contribution in [0, 0.1) is 10.1 Å². The van der Waals surface area contributed by atoms with Crippen LogP contribution in [0.15, 0.2) is 16.6 Å². The Labute approximate surface area is 131 Å². The molecule has 1 aromatic rings. The summed E-state index contributed by atoms with van der Waals surface area (Å²) < 4.78 is 5.80. The fraction of sp³-hybridized carbons (Fsp3) is 0.538. The Balaban J connectivity index is 2.24. The third-order valence-corrected chi connectivity index (χ3v) is 4.19. The molecule has 0 aliphatic carbocycles. The molecule has 1 aliphatic heterocycles. The number of hydrogen-bond donors (Lipinski definition) is 1. The molecule has 0 aromatic heterocycles. The van der Waals surface area contributed by atoms with E-state index in [-0.39, 0.29) is 17.2 Å². The third kappa shape index (κ3) is 3.63. The zero-order valence-corrected chi connectivity index (χ0v) is 13.4. The summed E-state index contributed by atoms with van der Waals surface area (Å²) in [4.78, 5) is 15.0. The quantitative estimate of drug-likeness (QED) is 0.633. The molecule has 1 heterocycles. The Morgan fingerprint density at radius 3 is 2.57 bits per heavy atom. The maximum atomic E-state index is 11.3. The number of rotatable bonds is 5. The zero-order valence-electron chi connectivity index (χ0n) is 11.8. The predicted molar refractivity (Wildman–Crippen MR) is 83.1 cm³/mol. The van der Waals surface area contributed by atoms with Crippen molar-refractivity contribution >= 4 is 27.3 Å². The van der Waals surface area contributed by atoms with E-state index in [1.807, 2.05) is 4.90 Å². The van der Waals surface area contributed by atoms with Crippen molar-refractivity contribution in [2.24, 2.45) is 0 Å². The normalized spacial score (nSPS) is 16.0. The smallest absolute Gasteiger partial charge is 0.293 e. The van der Waals surface area contributed by atoms with E-state index in [0.29, 0.717) is 35.5 Å². The summed E-state index contributed by atoms with van der Waals surface area (Å²) in [6.07, 6.45) is 0. The highest BCUT2D eigenvalue weighted by atomic mass is 79.9. The van der Waals surface area contributed by atoms with Crippen LogP contribution in [0.25, 0.3) is 0 Å². The third-order valence-electron chi connectivity index (χ3n) is 3.57. The van der Waals surface area contributed by atoms with Crippen molar-refractivity contribution in [2.45, 2.75) is 0 Å². The van der Waals surface area contributed by atoms with Gasteiger partial charge in [-0.2, -0.15) is 0 Å². The van der Waals surface area contributed by atoms with E-state index in [0.717, 1.165) is 13.1 Å². The molecule has 8 heteroatoms. The molecule has 0 bridgehead atoms. The van der Waals surface area contributed by atoms with Crippen molar-refractivity contribution in [1.82, 2.24) is 4.90 Å². The van der Waals surface area contributed by atoms with Crippen LogP contribution in [-0.4, -0.2) is 61.4 Å². The molecule has 0 radical (unpaired) electrons. The lowest BCUT2D eigenvalue weighted by Crippen LogP contribution is -2.47. The summed E-state index contributed by atoms with van der Waals surface area (Å²) in [5.41, 5.74) is 0.641. The fourth-order valence-corrected chi connectivity index (χ4v) is 2.94. The Hall–Kier alpha value is -1.38. The van der Waals surface area contributed by atoms with Gasteiger partial charge in [0.1, 0.15) is 11.4 Å². The lowest BCUT2D eigenvalue weighted by molar-refractivity contribution is -0.384. The number of β-amino-alcohol motifs (C(OH)–C–C–N with tert-alkyl or cyclic N) is 1. The summed E-state index contributed by atoms with van der Waals surface area (Å²) in [6.45, 7) is 3.69. The second-order valence-corrected chi connectivity index (χ2v) is 5.64. The van der Waals surface area contributed by atoms with Gasteiger partial charge in [0.15, 0.2) is 0 Å². The molecule has 0 unspecified atom stereocenters. The van der Waals surface area contributed by atoms with Crippen LogP contribution in [0.3, 0.4) is 0 Å². The Morgan fingerprint density at radius 1 is 1.38 bits per heavy atom. The van der Waals surface area contributed by atoms with Crippen LogP contribution < -0.4 is 9.64 Å². The topological polar surface area (TPSA) is 79.1 Å². The van der Waals surface area contributed by atoms with Gasteiger partial charge in [-0.05, 0) is 15.9 Å². The number of benzene rings is 1. The molecule has 2 rings (SSSR count). The number of ether oxygens (including phenoxy) is 1. The molecule has 116 valence electrons. The second kappa shape index (κ2) is 7.06. The summed E-state index contributed by atoms with van der Waals surface area (Å²) in [5, 5.41) is 20.2. The average Bonchev–Trinajstić information content (AvgIpc) is 2.48. The minimum atomic E-state index is -0.375. The lowest BCUT2D eigenvalue weighted by atomic mass is 10.2. The summed E-state index contributed by atoms with van der Waals surface area (Å²) in [5.74, 6) is 0.577. The Bertz CT molecular complexity index is 518. The number of nitrogens with zero attached hydrogens (tertiary/aromatic N) is 3. The molecule has 0 spiro atoms. The van der Waals surface area contributed by atoms with Gasteiger partial charge in [-0.25, -0.2) is 0 Å². The highest BCUT2D eigenvalue weighted by Gasteiger charge is 2.25. The van der Waals surface area contributed by atoms with Gasteiger partial charge >= 0.3 is 0 Å². The van der Waals surface area contributed by atoms with Gasteiger partial charge in [-0.15, -0.1) is 0 Å². The minimum absolute atomic E-state index is 0.0679. The molecule has 1 aromatic carbocycles. The number of methoxy groups -OCH3 is 1. The average molecular weight is 360 g/mol. The van der Waals surface area contributed by atoms with Crippen molar-refractivity contribution in [3.63, 3.8) is 0 Å². The van der Waals surface area contributed by atoms with Gasteiger partial charge in [0.2, 0.25) is 0 Å². The van der Waals surface area contributed by atoms with E-state index in [9.17, 15) is 10.1 Å². The Kier molecular flexibility index (Phi) is 5.38. The second-order valence-electron chi connectivity index (χ2n) is 4.78. The van der Waals surface area contributed by atoms with Crippen LogP contribution >= 0.6 is 15.9 Å². The number of aliphatic hydroxyl groups is 1. The van der Waals surface area contributed by atoms with Gasteiger partial charge in [-0.1, -0.05) is 0 Å². The largest absolute Gasteiger partial charge is 0.495 e. The number of halogens is 1. The van der Waals surface area contributed by atoms with Gasteiger partial charge < -0.3 is 14.7 Å². The van der Waals surface area contributed by atoms with Crippen LogP contribution in [0.1, 0.15) is 0 Å². The molecule has 7 nitrogen and oxygen atoms in total. The first-order valence-electron chi connectivity index (χ1n) is 6.67. The number of hydrogen-bond acceptors (Lipinski definition) is 6. The SMILES string of the molecule is COc1cc(N2CCN(CCO)CC2)c([N+](=O)[O-])cc1Br. The molecular weight excluding hydrogens is 342 g/mol. The number of aliphatic hydroxyl groups excluding tert-OH is 1. The number of nitro benzene ring substituents is 1. The summed E-state index contributed by atoms with van der Waals surface area (Å²) >= 11 is 3.28. The maximum absolute atomic E-state index is 11.3. The number of piperazine rings is 1. The van der Waals surface area contributed by atoms with E-state index < -0.39 is 0 Å². The van der Waals surface area contributed by atoms with Crippen molar-refractivity contribution in [3.8, 4) is 5.75 Å². The van der Waals surface area contributed by atoms with E-state index in [1.54, 1.807) is 6.07 Å².